The molecule has 1 aliphatic rings. The average Bonchev–Trinajstić information content (AvgIpc) is 2.78. The number of nitrogens with zero attached hydrogens (tertiary/aromatic N) is 2. The van der Waals surface area contributed by atoms with E-state index in [2.05, 4.69) is 25.8 Å². The molecule has 1 amide bonds. The molecule has 1 unspecified atom stereocenters. The van der Waals surface area contributed by atoms with Crippen LogP contribution in [0.15, 0.2) is 18.3 Å². The summed E-state index contributed by atoms with van der Waals surface area (Å²) < 4.78 is 0. The van der Waals surface area contributed by atoms with E-state index in [0.717, 1.165) is 19.5 Å². The van der Waals surface area contributed by atoms with Crippen LogP contribution < -0.4 is 0 Å². The van der Waals surface area contributed by atoms with E-state index >= 15 is 0 Å². The lowest BCUT2D eigenvalue weighted by atomic mass is 9.80. The summed E-state index contributed by atoms with van der Waals surface area (Å²) in [5.41, 5.74) is 0.877. The normalized spacial score (nSPS) is 20.2. The minimum Gasteiger partial charge on any atom is -0.338 e. The Morgan fingerprint density at radius 3 is 2.67 bits per heavy atom. The Bertz CT molecular complexity index is 436. The van der Waals surface area contributed by atoms with Crippen molar-refractivity contribution < 1.29 is 4.79 Å². The summed E-state index contributed by atoms with van der Waals surface area (Å²) in [5, 5.41) is 0.417. The fraction of sp³-hybridized carbons (Fsp3) is 0.571. The number of pyridine rings is 1. The van der Waals surface area contributed by atoms with E-state index in [9.17, 15) is 4.79 Å². The van der Waals surface area contributed by atoms with Crippen molar-refractivity contribution in [2.45, 2.75) is 27.2 Å². The molecule has 2 heterocycles. The van der Waals surface area contributed by atoms with E-state index < -0.39 is 0 Å². The molecule has 2 rings (SSSR count). The Hall–Kier alpha value is -1.09. The molecule has 0 bridgehead atoms. The van der Waals surface area contributed by atoms with Gasteiger partial charge in [-0.1, -0.05) is 32.4 Å². The summed E-state index contributed by atoms with van der Waals surface area (Å²) >= 11 is 5.72. The van der Waals surface area contributed by atoms with E-state index in [0.29, 0.717) is 16.6 Å². The number of halogens is 1. The van der Waals surface area contributed by atoms with Crippen LogP contribution >= 0.6 is 11.6 Å². The lowest BCUT2D eigenvalue weighted by Crippen LogP contribution is -2.31. The number of aromatic nitrogens is 1. The molecule has 1 aliphatic heterocycles. The third-order valence-electron chi connectivity index (χ3n) is 3.67. The molecule has 1 saturated heterocycles. The van der Waals surface area contributed by atoms with Crippen LogP contribution in [0.4, 0.5) is 0 Å². The van der Waals surface area contributed by atoms with Gasteiger partial charge in [0.05, 0.1) is 5.56 Å². The molecule has 0 radical (unpaired) electrons. The molecule has 98 valence electrons. The highest BCUT2D eigenvalue weighted by Gasteiger charge is 2.34. The Kier molecular flexibility index (Phi) is 3.62. The van der Waals surface area contributed by atoms with Crippen molar-refractivity contribution in [3.63, 3.8) is 0 Å². The van der Waals surface area contributed by atoms with Crippen LogP contribution in [-0.4, -0.2) is 28.9 Å². The topological polar surface area (TPSA) is 33.2 Å². The van der Waals surface area contributed by atoms with Gasteiger partial charge in [0.25, 0.3) is 5.91 Å². The summed E-state index contributed by atoms with van der Waals surface area (Å²) in [6, 6.07) is 3.40. The number of carbonyl (C=O) groups excluding carboxylic acids is 1. The highest BCUT2D eigenvalue weighted by molar-refractivity contribution is 6.29. The lowest BCUT2D eigenvalue weighted by Gasteiger charge is -2.26. The minimum atomic E-state index is 0.0610. The van der Waals surface area contributed by atoms with Crippen LogP contribution in [0.5, 0.6) is 0 Å². The molecule has 0 saturated carbocycles. The van der Waals surface area contributed by atoms with E-state index in [1.54, 1.807) is 18.3 Å². The number of hydrogen-bond acceptors (Lipinski definition) is 2. The largest absolute Gasteiger partial charge is 0.338 e. The summed E-state index contributed by atoms with van der Waals surface area (Å²) in [4.78, 5) is 18.1. The van der Waals surface area contributed by atoms with Crippen LogP contribution in [-0.2, 0) is 0 Å². The van der Waals surface area contributed by atoms with E-state index in [1.165, 1.54) is 0 Å². The smallest absolute Gasteiger partial charge is 0.255 e. The maximum Gasteiger partial charge on any atom is 0.255 e. The molecule has 0 spiro atoms. The number of hydrogen-bond donors (Lipinski definition) is 0. The second kappa shape index (κ2) is 4.88. The first-order valence-electron chi connectivity index (χ1n) is 6.29. The molecule has 4 heteroatoms. The van der Waals surface area contributed by atoms with Crippen LogP contribution in [0.2, 0.25) is 5.15 Å². The van der Waals surface area contributed by atoms with Crippen LogP contribution in [0.1, 0.15) is 37.6 Å². The molecule has 0 aliphatic carbocycles. The van der Waals surface area contributed by atoms with Gasteiger partial charge in [-0.15, -0.1) is 0 Å². The zero-order valence-corrected chi connectivity index (χ0v) is 11.9. The first kappa shape index (κ1) is 13.3. The Balaban J connectivity index is 2.06. The second-order valence-corrected chi connectivity index (χ2v) is 6.36. The number of rotatable bonds is 1. The molecule has 1 aromatic rings. The van der Waals surface area contributed by atoms with Crippen molar-refractivity contribution in [2.24, 2.45) is 11.3 Å². The van der Waals surface area contributed by atoms with Gasteiger partial charge >= 0.3 is 0 Å². The third-order valence-corrected chi connectivity index (χ3v) is 3.90. The zero-order valence-electron chi connectivity index (χ0n) is 11.1. The summed E-state index contributed by atoms with van der Waals surface area (Å²) in [7, 11) is 0. The summed E-state index contributed by atoms with van der Waals surface area (Å²) in [5.74, 6) is 0.632. The number of carbonyl (C=O) groups is 1. The van der Waals surface area contributed by atoms with Crippen molar-refractivity contribution in [2.75, 3.05) is 13.1 Å². The Morgan fingerprint density at radius 1 is 1.44 bits per heavy atom. The van der Waals surface area contributed by atoms with Crippen molar-refractivity contribution >= 4 is 17.5 Å². The van der Waals surface area contributed by atoms with Crippen molar-refractivity contribution in [1.29, 1.82) is 0 Å². The van der Waals surface area contributed by atoms with Gasteiger partial charge in [-0.25, -0.2) is 4.98 Å². The molecular weight excluding hydrogens is 248 g/mol. The monoisotopic (exact) mass is 266 g/mol. The molecule has 1 aromatic heterocycles. The molecule has 1 atom stereocenters. The molecule has 3 nitrogen and oxygen atoms in total. The third kappa shape index (κ3) is 2.83. The lowest BCUT2D eigenvalue weighted by molar-refractivity contribution is 0.0776. The Morgan fingerprint density at radius 2 is 2.17 bits per heavy atom. The predicted molar refractivity (Wildman–Crippen MR) is 72.7 cm³/mol. The fourth-order valence-electron chi connectivity index (χ4n) is 2.34. The van der Waals surface area contributed by atoms with Crippen molar-refractivity contribution in [3.8, 4) is 0 Å². The second-order valence-electron chi connectivity index (χ2n) is 5.97. The van der Waals surface area contributed by atoms with Gasteiger partial charge in [0, 0.05) is 19.3 Å². The molecule has 1 fully saturated rings. The van der Waals surface area contributed by atoms with E-state index in [-0.39, 0.29) is 11.3 Å². The maximum atomic E-state index is 12.3. The van der Waals surface area contributed by atoms with Gasteiger partial charge in [-0.3, -0.25) is 4.79 Å². The first-order valence-corrected chi connectivity index (χ1v) is 6.66. The molecule has 0 aromatic carbocycles. The SMILES string of the molecule is CC(C)(C)C1CCN(C(=O)c2ccc(Cl)nc2)C1. The zero-order chi connectivity index (χ0) is 13.3. The van der Waals surface area contributed by atoms with Crippen LogP contribution in [0.25, 0.3) is 0 Å². The summed E-state index contributed by atoms with van der Waals surface area (Å²) in [6.07, 6.45) is 2.63. The fourth-order valence-corrected chi connectivity index (χ4v) is 2.45. The Labute approximate surface area is 113 Å². The quantitative estimate of drug-likeness (QED) is 0.731. The van der Waals surface area contributed by atoms with Gasteiger partial charge in [0.2, 0.25) is 0 Å². The van der Waals surface area contributed by atoms with Crippen molar-refractivity contribution in [3.05, 3.63) is 29.0 Å². The van der Waals surface area contributed by atoms with Gasteiger partial charge in [0.1, 0.15) is 5.15 Å². The van der Waals surface area contributed by atoms with Gasteiger partial charge in [-0.2, -0.15) is 0 Å². The van der Waals surface area contributed by atoms with E-state index in [4.69, 9.17) is 11.6 Å². The standard InChI is InChI=1S/C14H19ClN2O/c1-14(2,3)11-6-7-17(9-11)13(18)10-4-5-12(15)16-8-10/h4-5,8,11H,6-7,9H2,1-3H3. The maximum absolute atomic E-state index is 12.3. The minimum absolute atomic E-state index is 0.0610. The summed E-state index contributed by atoms with van der Waals surface area (Å²) in [6.45, 7) is 8.37. The van der Waals surface area contributed by atoms with Crippen LogP contribution in [0, 0.1) is 11.3 Å². The van der Waals surface area contributed by atoms with Gasteiger partial charge in [0.15, 0.2) is 0 Å². The first-order chi connectivity index (χ1) is 8.38. The average molecular weight is 267 g/mol. The van der Waals surface area contributed by atoms with Crippen LogP contribution in [0.3, 0.4) is 0 Å². The number of amides is 1. The number of likely N-dealkylation sites (tertiary alicyclic amines) is 1. The van der Waals surface area contributed by atoms with Gasteiger partial charge in [-0.05, 0) is 29.9 Å². The molecular formula is C14H19ClN2O. The molecule has 0 N–H and O–H groups in total. The molecule has 18 heavy (non-hydrogen) atoms. The predicted octanol–water partition coefficient (Wildman–Crippen LogP) is 3.24. The van der Waals surface area contributed by atoms with Gasteiger partial charge < -0.3 is 4.90 Å². The van der Waals surface area contributed by atoms with E-state index in [1.807, 2.05) is 4.90 Å². The highest BCUT2D eigenvalue weighted by atomic mass is 35.5. The highest BCUT2D eigenvalue weighted by Crippen LogP contribution is 2.34. The van der Waals surface area contributed by atoms with Crippen molar-refractivity contribution in [1.82, 2.24) is 9.88 Å².